The van der Waals surface area contributed by atoms with Gasteiger partial charge in [0.05, 0.1) is 0 Å². The molecule has 2 amide bonds. The highest BCUT2D eigenvalue weighted by atomic mass is 16.5. The van der Waals surface area contributed by atoms with Crippen molar-refractivity contribution in [2.75, 3.05) is 26.4 Å². The first-order valence-electron chi connectivity index (χ1n) is 11.2. The largest absolute Gasteiger partial charge is 0.480 e. The monoisotopic (exact) mass is 452 g/mol. The normalized spacial score (nSPS) is 16.4. The van der Waals surface area contributed by atoms with Crippen molar-refractivity contribution in [3.8, 4) is 11.1 Å². The zero-order valence-electron chi connectivity index (χ0n) is 18.3. The fourth-order valence-electron chi connectivity index (χ4n) is 4.53. The first kappa shape index (κ1) is 22.8. The molecule has 33 heavy (non-hydrogen) atoms. The summed E-state index contributed by atoms with van der Waals surface area (Å²) in [6.45, 7) is 1.09. The summed E-state index contributed by atoms with van der Waals surface area (Å²) in [6, 6.07) is 16.2. The van der Waals surface area contributed by atoms with E-state index in [1.165, 1.54) is 0 Å². The van der Waals surface area contributed by atoms with Gasteiger partial charge in [-0.3, -0.25) is 4.79 Å². The lowest BCUT2D eigenvalue weighted by molar-refractivity contribution is -0.152. The Bertz CT molecular complexity index is 986. The van der Waals surface area contributed by atoms with Crippen LogP contribution < -0.4 is 10.6 Å². The van der Waals surface area contributed by atoms with Gasteiger partial charge in [0.15, 0.2) is 0 Å². The van der Waals surface area contributed by atoms with E-state index in [-0.39, 0.29) is 44.2 Å². The summed E-state index contributed by atoms with van der Waals surface area (Å²) in [6.07, 6.45) is 0.434. The van der Waals surface area contributed by atoms with Crippen molar-refractivity contribution in [3.05, 3.63) is 59.7 Å². The van der Waals surface area contributed by atoms with Crippen molar-refractivity contribution < 1.29 is 29.0 Å². The van der Waals surface area contributed by atoms with Crippen LogP contribution in [0, 0.1) is 0 Å². The van der Waals surface area contributed by atoms with E-state index in [0.29, 0.717) is 19.6 Å². The van der Waals surface area contributed by atoms with Crippen LogP contribution in [0.25, 0.3) is 11.1 Å². The molecule has 0 radical (unpaired) electrons. The highest BCUT2D eigenvalue weighted by Crippen LogP contribution is 2.44. The number of carbonyl (C=O) groups is 3. The van der Waals surface area contributed by atoms with Gasteiger partial charge in [-0.1, -0.05) is 48.5 Å². The first-order chi connectivity index (χ1) is 16.0. The Hall–Kier alpha value is -3.39. The highest BCUT2D eigenvalue weighted by molar-refractivity contribution is 5.87. The average Bonchev–Trinajstić information content (AvgIpc) is 3.15. The zero-order valence-corrected chi connectivity index (χ0v) is 18.3. The number of hydrogen-bond donors (Lipinski definition) is 3. The molecule has 0 unspecified atom stereocenters. The quantitative estimate of drug-likeness (QED) is 0.531. The number of amides is 2. The molecule has 1 aliphatic heterocycles. The highest BCUT2D eigenvalue weighted by Gasteiger charge is 2.41. The minimum absolute atomic E-state index is 0.0133. The van der Waals surface area contributed by atoms with E-state index in [4.69, 9.17) is 9.47 Å². The molecular weight excluding hydrogens is 424 g/mol. The van der Waals surface area contributed by atoms with Gasteiger partial charge in [-0.05, 0) is 28.7 Å². The Balaban J connectivity index is 1.21. The van der Waals surface area contributed by atoms with Gasteiger partial charge in [0.25, 0.3) is 0 Å². The van der Waals surface area contributed by atoms with Crippen LogP contribution in [0.5, 0.6) is 0 Å². The van der Waals surface area contributed by atoms with E-state index in [1.807, 2.05) is 24.3 Å². The molecule has 2 aromatic rings. The van der Waals surface area contributed by atoms with Crippen molar-refractivity contribution in [2.24, 2.45) is 0 Å². The van der Waals surface area contributed by atoms with Crippen LogP contribution in [0.2, 0.25) is 0 Å². The van der Waals surface area contributed by atoms with Crippen LogP contribution in [0.3, 0.4) is 0 Å². The maximum atomic E-state index is 12.2. The summed E-state index contributed by atoms with van der Waals surface area (Å²) in [5, 5.41) is 14.8. The summed E-state index contributed by atoms with van der Waals surface area (Å²) in [5.74, 6) is -1.41. The lowest BCUT2D eigenvalue weighted by atomic mass is 9.90. The molecule has 174 valence electrons. The van der Waals surface area contributed by atoms with Crippen molar-refractivity contribution in [2.45, 2.75) is 37.1 Å². The molecule has 0 saturated carbocycles. The maximum Gasteiger partial charge on any atom is 0.407 e. The SMILES string of the molecule is O=C(CCCNC(=O)OCC1c2ccccc2-c2ccccc21)NC1(C(=O)O)CCOCC1. The third-order valence-electron chi connectivity index (χ3n) is 6.33. The predicted octanol–water partition coefficient (Wildman–Crippen LogP) is 3.06. The van der Waals surface area contributed by atoms with Gasteiger partial charge in [-0.15, -0.1) is 0 Å². The van der Waals surface area contributed by atoms with Crippen LogP contribution >= 0.6 is 0 Å². The van der Waals surface area contributed by atoms with Gasteiger partial charge in [0.2, 0.25) is 5.91 Å². The van der Waals surface area contributed by atoms with E-state index < -0.39 is 17.6 Å². The van der Waals surface area contributed by atoms with E-state index in [9.17, 15) is 19.5 Å². The minimum atomic E-state index is -1.27. The topological polar surface area (TPSA) is 114 Å². The molecule has 0 atom stereocenters. The Morgan fingerprint density at radius 2 is 1.61 bits per heavy atom. The molecule has 0 bridgehead atoms. The van der Waals surface area contributed by atoms with Crippen LogP contribution in [-0.2, 0) is 19.1 Å². The molecule has 2 aliphatic rings. The molecule has 1 fully saturated rings. The van der Waals surface area contributed by atoms with Gasteiger partial charge in [0, 0.05) is 44.9 Å². The molecule has 2 aromatic carbocycles. The van der Waals surface area contributed by atoms with Crippen molar-refractivity contribution in [1.82, 2.24) is 10.6 Å². The third-order valence-corrected chi connectivity index (χ3v) is 6.33. The second-order valence-corrected chi connectivity index (χ2v) is 8.40. The number of nitrogens with one attached hydrogen (secondary N) is 2. The molecule has 1 aliphatic carbocycles. The van der Waals surface area contributed by atoms with E-state index in [2.05, 4.69) is 34.9 Å². The number of benzene rings is 2. The summed E-state index contributed by atoms with van der Waals surface area (Å²) in [4.78, 5) is 36.1. The van der Waals surface area contributed by atoms with Crippen molar-refractivity contribution in [3.63, 3.8) is 0 Å². The van der Waals surface area contributed by atoms with Gasteiger partial charge < -0.3 is 25.2 Å². The minimum Gasteiger partial charge on any atom is -0.480 e. The molecule has 0 aromatic heterocycles. The van der Waals surface area contributed by atoms with Crippen LogP contribution in [0.4, 0.5) is 4.79 Å². The fraction of sp³-hybridized carbons (Fsp3) is 0.400. The van der Waals surface area contributed by atoms with Crippen LogP contribution in [0.15, 0.2) is 48.5 Å². The predicted molar refractivity (Wildman–Crippen MR) is 121 cm³/mol. The van der Waals surface area contributed by atoms with Gasteiger partial charge in [-0.2, -0.15) is 0 Å². The Morgan fingerprint density at radius 3 is 2.21 bits per heavy atom. The molecule has 0 spiro atoms. The van der Waals surface area contributed by atoms with E-state index in [1.54, 1.807) is 0 Å². The Kier molecular flexibility index (Phi) is 6.93. The first-order valence-corrected chi connectivity index (χ1v) is 11.2. The number of carboxylic acids is 1. The molecular formula is C25H28N2O6. The second-order valence-electron chi connectivity index (χ2n) is 8.40. The summed E-state index contributed by atoms with van der Waals surface area (Å²) in [5.41, 5.74) is 3.34. The number of hydrogen-bond acceptors (Lipinski definition) is 5. The summed E-state index contributed by atoms with van der Waals surface area (Å²) < 4.78 is 10.7. The number of ether oxygens (including phenoxy) is 2. The molecule has 8 nitrogen and oxygen atoms in total. The molecule has 8 heteroatoms. The smallest absolute Gasteiger partial charge is 0.407 e. The third kappa shape index (κ3) is 5.01. The standard InChI is InChI=1S/C25H28N2O6/c28-22(27-25(23(29)30)11-14-32-15-12-25)10-5-13-26-24(31)33-16-21-19-8-3-1-6-17(19)18-7-2-4-9-20(18)21/h1-4,6-9,21H,5,10-16H2,(H,26,31)(H,27,28)(H,29,30). The fourth-order valence-corrected chi connectivity index (χ4v) is 4.53. The van der Waals surface area contributed by atoms with E-state index in [0.717, 1.165) is 22.3 Å². The van der Waals surface area contributed by atoms with E-state index >= 15 is 0 Å². The van der Waals surface area contributed by atoms with Gasteiger partial charge in [0.1, 0.15) is 12.1 Å². The lowest BCUT2D eigenvalue weighted by Crippen LogP contribution is -2.57. The lowest BCUT2D eigenvalue weighted by Gasteiger charge is -2.33. The Morgan fingerprint density at radius 1 is 1.00 bits per heavy atom. The number of carbonyl (C=O) groups excluding carboxylic acids is 2. The van der Waals surface area contributed by atoms with Gasteiger partial charge in [-0.25, -0.2) is 9.59 Å². The average molecular weight is 453 g/mol. The molecule has 4 rings (SSSR count). The Labute approximate surface area is 192 Å². The van der Waals surface area contributed by atoms with Crippen LogP contribution in [0.1, 0.15) is 42.7 Å². The zero-order chi connectivity index (χ0) is 23.3. The second kappa shape index (κ2) is 10.0. The number of alkyl carbamates (subject to hydrolysis) is 1. The summed E-state index contributed by atoms with van der Waals surface area (Å²) >= 11 is 0. The maximum absolute atomic E-state index is 12.2. The molecule has 1 heterocycles. The van der Waals surface area contributed by atoms with Crippen LogP contribution in [-0.4, -0.2) is 55.0 Å². The van der Waals surface area contributed by atoms with Gasteiger partial charge >= 0.3 is 12.1 Å². The number of fused-ring (bicyclic) bond motifs is 3. The molecule has 1 saturated heterocycles. The van der Waals surface area contributed by atoms with Crippen molar-refractivity contribution in [1.29, 1.82) is 0 Å². The van der Waals surface area contributed by atoms with Crippen molar-refractivity contribution >= 4 is 18.0 Å². The summed E-state index contributed by atoms with van der Waals surface area (Å²) in [7, 11) is 0. The number of rotatable bonds is 8. The number of carboxylic acid groups (broad SMARTS) is 1. The number of aliphatic carboxylic acids is 1. The molecule has 3 N–H and O–H groups in total.